The van der Waals surface area contributed by atoms with Crippen LogP contribution < -0.4 is 5.01 Å². The quantitative estimate of drug-likeness (QED) is 0.684. The van der Waals surface area contributed by atoms with Crippen molar-refractivity contribution >= 4 is 17.7 Å². The average molecular weight is 291 g/mol. The zero-order valence-corrected chi connectivity index (χ0v) is 11.7. The number of likely N-dealkylation sites (tertiary alicyclic amines) is 1. The van der Waals surface area contributed by atoms with Crippen LogP contribution in [0.1, 0.15) is 18.4 Å². The summed E-state index contributed by atoms with van der Waals surface area (Å²) in [5, 5.41) is 12.5. The largest absolute Gasteiger partial charge is 0.481 e. The van der Waals surface area contributed by atoms with E-state index in [1.807, 2.05) is 6.92 Å². The highest BCUT2D eigenvalue weighted by Gasteiger charge is 2.30. The molecule has 1 N–H and O–H groups in total. The van der Waals surface area contributed by atoms with Crippen LogP contribution in [0.5, 0.6) is 0 Å². The Labute approximate surface area is 122 Å². The molecule has 1 aliphatic heterocycles. The van der Waals surface area contributed by atoms with Gasteiger partial charge >= 0.3 is 12.0 Å². The van der Waals surface area contributed by atoms with Gasteiger partial charge in [0.25, 0.3) is 0 Å². The van der Waals surface area contributed by atoms with Crippen molar-refractivity contribution in [1.29, 1.82) is 0 Å². The van der Waals surface area contributed by atoms with E-state index in [-0.39, 0.29) is 0 Å². The summed E-state index contributed by atoms with van der Waals surface area (Å²) in [7, 11) is 0. The van der Waals surface area contributed by atoms with Gasteiger partial charge in [-0.3, -0.25) is 4.79 Å². The van der Waals surface area contributed by atoms with Crippen LogP contribution in [0, 0.1) is 17.7 Å². The number of urea groups is 1. The van der Waals surface area contributed by atoms with Gasteiger partial charge in [-0.25, -0.2) is 4.79 Å². The third-order valence-corrected chi connectivity index (χ3v) is 3.66. The molecule has 0 aliphatic carbocycles. The first-order chi connectivity index (χ1) is 10.0. The molecule has 0 atom stereocenters. The first kappa shape index (κ1) is 15.0. The highest BCUT2D eigenvalue weighted by molar-refractivity contribution is 5.91. The highest BCUT2D eigenvalue weighted by Crippen LogP contribution is 2.22. The average Bonchev–Trinajstić information content (AvgIpc) is 2.50. The second-order valence-electron chi connectivity index (χ2n) is 5.11. The van der Waals surface area contributed by atoms with Crippen molar-refractivity contribution < 1.29 is 14.7 Å². The molecule has 2 rings (SSSR count). The molecule has 21 heavy (non-hydrogen) atoms. The summed E-state index contributed by atoms with van der Waals surface area (Å²) in [4.78, 5) is 35.6. The van der Waals surface area contributed by atoms with Crippen LogP contribution in [0.15, 0.2) is 29.6 Å². The van der Waals surface area contributed by atoms with Gasteiger partial charge in [-0.15, -0.1) is 9.92 Å². The maximum Gasteiger partial charge on any atom is 0.347 e. The van der Waals surface area contributed by atoms with Gasteiger partial charge in [0.1, 0.15) is 0 Å². The summed E-state index contributed by atoms with van der Waals surface area (Å²) in [5.74, 6) is -1.27. The standard InChI is InChI=1S/C14H17N3O4/c1-10-2-4-12(5-3-10)17(15-21)14(20)16-8-6-11(7-9-16)13(18)19/h2-5,11H,6-9H2,1H3,(H,18,19). The Morgan fingerprint density at radius 2 is 1.81 bits per heavy atom. The summed E-state index contributed by atoms with van der Waals surface area (Å²) < 4.78 is 0. The maximum atomic E-state index is 12.3. The van der Waals surface area contributed by atoms with Crippen molar-refractivity contribution in [2.45, 2.75) is 19.8 Å². The Morgan fingerprint density at radius 1 is 1.24 bits per heavy atom. The molecule has 0 radical (unpaired) electrons. The molecule has 0 saturated carbocycles. The predicted octanol–water partition coefficient (Wildman–Crippen LogP) is 2.40. The summed E-state index contributed by atoms with van der Waals surface area (Å²) >= 11 is 0. The van der Waals surface area contributed by atoms with Crippen molar-refractivity contribution in [2.24, 2.45) is 11.2 Å². The molecule has 1 saturated heterocycles. The van der Waals surface area contributed by atoms with E-state index < -0.39 is 17.9 Å². The number of nitrogens with zero attached hydrogens (tertiary/aromatic N) is 3. The zero-order valence-electron chi connectivity index (χ0n) is 11.7. The maximum absolute atomic E-state index is 12.3. The fourth-order valence-electron chi connectivity index (χ4n) is 2.33. The molecular weight excluding hydrogens is 274 g/mol. The van der Waals surface area contributed by atoms with E-state index in [1.165, 1.54) is 4.90 Å². The number of benzene rings is 1. The van der Waals surface area contributed by atoms with E-state index in [2.05, 4.69) is 5.29 Å². The van der Waals surface area contributed by atoms with Crippen molar-refractivity contribution in [3.63, 3.8) is 0 Å². The number of hydrogen-bond acceptors (Lipinski definition) is 4. The Morgan fingerprint density at radius 3 is 2.29 bits per heavy atom. The number of carboxylic acid groups (broad SMARTS) is 1. The van der Waals surface area contributed by atoms with E-state index in [1.54, 1.807) is 24.3 Å². The Hall–Kier alpha value is -2.44. The summed E-state index contributed by atoms with van der Waals surface area (Å²) in [6, 6.07) is 6.37. The molecule has 1 fully saturated rings. The first-order valence-electron chi connectivity index (χ1n) is 6.74. The number of anilines is 1. The van der Waals surface area contributed by atoms with Gasteiger partial charge in [0, 0.05) is 13.1 Å². The van der Waals surface area contributed by atoms with Crippen LogP contribution in [-0.2, 0) is 4.79 Å². The second-order valence-corrected chi connectivity index (χ2v) is 5.11. The smallest absolute Gasteiger partial charge is 0.347 e. The number of rotatable bonds is 3. The van der Waals surface area contributed by atoms with E-state index in [0.717, 1.165) is 10.6 Å². The van der Waals surface area contributed by atoms with Crippen LogP contribution in [-0.4, -0.2) is 35.1 Å². The number of aryl methyl sites for hydroxylation is 1. The number of piperidine rings is 1. The van der Waals surface area contributed by atoms with Crippen molar-refractivity contribution in [3.8, 4) is 0 Å². The molecular formula is C14H17N3O4. The van der Waals surface area contributed by atoms with Gasteiger partial charge in [0.15, 0.2) is 0 Å². The van der Waals surface area contributed by atoms with Gasteiger partial charge in [-0.2, -0.15) is 0 Å². The van der Waals surface area contributed by atoms with Gasteiger partial charge < -0.3 is 10.0 Å². The first-order valence-corrected chi connectivity index (χ1v) is 6.74. The number of amides is 2. The van der Waals surface area contributed by atoms with E-state index in [4.69, 9.17) is 5.11 Å². The minimum absolute atomic E-state index is 0.313. The minimum atomic E-state index is -0.842. The lowest BCUT2D eigenvalue weighted by Gasteiger charge is -2.31. The number of carbonyl (C=O) groups excluding carboxylic acids is 1. The van der Waals surface area contributed by atoms with E-state index >= 15 is 0 Å². The normalized spacial score (nSPS) is 15.6. The molecule has 7 nitrogen and oxygen atoms in total. The number of carboxylic acids is 1. The summed E-state index contributed by atoms with van der Waals surface area (Å²) in [6.45, 7) is 2.53. The monoisotopic (exact) mass is 291 g/mol. The highest BCUT2D eigenvalue weighted by atomic mass is 16.4. The molecule has 1 heterocycles. The Balaban J connectivity index is 2.06. The molecule has 2 amide bonds. The zero-order chi connectivity index (χ0) is 15.4. The Bertz CT molecular complexity index is 536. The van der Waals surface area contributed by atoms with Crippen LogP contribution in [0.25, 0.3) is 0 Å². The molecule has 1 aromatic rings. The lowest BCUT2D eigenvalue weighted by atomic mass is 9.97. The molecule has 0 spiro atoms. The van der Waals surface area contributed by atoms with Crippen LogP contribution >= 0.6 is 0 Å². The molecule has 112 valence electrons. The SMILES string of the molecule is Cc1ccc(N(N=O)C(=O)N2CCC(C(=O)O)CC2)cc1. The van der Waals surface area contributed by atoms with Gasteiger partial charge in [0.2, 0.25) is 0 Å². The van der Waals surface area contributed by atoms with Crippen LogP contribution in [0.4, 0.5) is 10.5 Å². The van der Waals surface area contributed by atoms with Crippen molar-refractivity contribution in [2.75, 3.05) is 18.1 Å². The third kappa shape index (κ3) is 3.36. The van der Waals surface area contributed by atoms with Gasteiger partial charge in [-0.05, 0) is 31.9 Å². The van der Waals surface area contributed by atoms with Crippen molar-refractivity contribution in [1.82, 2.24) is 4.90 Å². The lowest BCUT2D eigenvalue weighted by Crippen LogP contribution is -2.45. The number of carbonyl (C=O) groups is 2. The molecule has 0 unspecified atom stereocenters. The summed E-state index contributed by atoms with van der Waals surface area (Å²) in [6.07, 6.45) is 0.781. The number of hydrogen-bond donors (Lipinski definition) is 1. The molecule has 0 bridgehead atoms. The molecule has 7 heteroatoms. The van der Waals surface area contributed by atoms with E-state index in [0.29, 0.717) is 31.6 Å². The van der Waals surface area contributed by atoms with Crippen LogP contribution in [0.2, 0.25) is 0 Å². The van der Waals surface area contributed by atoms with E-state index in [9.17, 15) is 14.5 Å². The Kier molecular flexibility index (Phi) is 4.52. The number of nitroso groups, excluding NO2 is 1. The second kappa shape index (κ2) is 6.34. The molecule has 0 aromatic heterocycles. The predicted molar refractivity (Wildman–Crippen MR) is 76.8 cm³/mol. The van der Waals surface area contributed by atoms with Crippen LogP contribution in [0.3, 0.4) is 0 Å². The fourth-order valence-corrected chi connectivity index (χ4v) is 2.33. The molecule has 1 aromatic carbocycles. The summed E-state index contributed by atoms with van der Waals surface area (Å²) in [5.41, 5.74) is 1.42. The minimum Gasteiger partial charge on any atom is -0.481 e. The fraction of sp³-hybridized carbons (Fsp3) is 0.429. The molecule has 1 aliphatic rings. The van der Waals surface area contributed by atoms with Gasteiger partial charge in [0.05, 0.1) is 16.9 Å². The lowest BCUT2D eigenvalue weighted by molar-refractivity contribution is -0.143. The topological polar surface area (TPSA) is 90.3 Å². The van der Waals surface area contributed by atoms with Crippen molar-refractivity contribution in [3.05, 3.63) is 34.7 Å². The third-order valence-electron chi connectivity index (χ3n) is 3.66. The van der Waals surface area contributed by atoms with Gasteiger partial charge in [-0.1, -0.05) is 17.7 Å². The number of aliphatic carboxylic acids is 1.